The number of likely N-dealkylation sites (tertiary alicyclic amines) is 1. The molecule has 3 amide bonds. The van der Waals surface area contributed by atoms with Crippen molar-refractivity contribution < 1.29 is 19.6 Å². The predicted molar refractivity (Wildman–Crippen MR) is 81.1 cm³/mol. The van der Waals surface area contributed by atoms with Crippen LogP contribution in [0.5, 0.6) is 0 Å². The van der Waals surface area contributed by atoms with E-state index in [0.29, 0.717) is 38.9 Å². The highest BCUT2D eigenvalue weighted by Crippen LogP contribution is 2.13. The number of carbonyl (C=O) groups excluding carboxylic acids is 3. The summed E-state index contributed by atoms with van der Waals surface area (Å²) >= 11 is 0. The van der Waals surface area contributed by atoms with Gasteiger partial charge >= 0.3 is 0 Å². The molecule has 22 heavy (non-hydrogen) atoms. The molecule has 7 nitrogen and oxygen atoms in total. The number of imide groups is 1. The fourth-order valence-corrected chi connectivity index (χ4v) is 2.40. The minimum absolute atomic E-state index is 0.00936. The number of hydrogen-bond donors (Lipinski definition) is 2. The lowest BCUT2D eigenvalue weighted by molar-refractivity contribution is -0.138. The summed E-state index contributed by atoms with van der Waals surface area (Å²) in [6.45, 7) is 1.40. The zero-order valence-electron chi connectivity index (χ0n) is 13.3. The lowest BCUT2D eigenvalue weighted by atomic mass is 10.1. The van der Waals surface area contributed by atoms with Crippen LogP contribution in [0, 0.1) is 0 Å². The zero-order chi connectivity index (χ0) is 16.4. The smallest absolute Gasteiger partial charge is 0.229 e. The van der Waals surface area contributed by atoms with Gasteiger partial charge in [-0.2, -0.15) is 5.06 Å². The van der Waals surface area contributed by atoms with E-state index in [0.717, 1.165) is 37.2 Å². The summed E-state index contributed by atoms with van der Waals surface area (Å²) < 4.78 is 0. The largest absolute Gasteiger partial charge is 0.355 e. The lowest BCUT2D eigenvalue weighted by Gasteiger charge is -2.13. The maximum Gasteiger partial charge on any atom is 0.229 e. The second-order valence-electron chi connectivity index (χ2n) is 5.69. The van der Waals surface area contributed by atoms with E-state index in [2.05, 4.69) is 5.32 Å². The van der Waals surface area contributed by atoms with Crippen molar-refractivity contribution in [3.05, 3.63) is 0 Å². The summed E-state index contributed by atoms with van der Waals surface area (Å²) in [5.41, 5.74) is 0. The molecule has 1 aliphatic heterocycles. The van der Waals surface area contributed by atoms with Crippen LogP contribution < -0.4 is 5.32 Å². The number of carbonyl (C=O) groups is 3. The lowest BCUT2D eigenvalue weighted by Crippen LogP contribution is -2.31. The van der Waals surface area contributed by atoms with Gasteiger partial charge in [-0.3, -0.25) is 19.3 Å². The van der Waals surface area contributed by atoms with Crippen LogP contribution in [0.1, 0.15) is 51.4 Å². The first-order valence-corrected chi connectivity index (χ1v) is 8.00. The molecule has 0 aromatic heterocycles. The number of unbranched alkanes of at least 4 members (excludes halogenated alkanes) is 4. The van der Waals surface area contributed by atoms with Gasteiger partial charge in [0.15, 0.2) is 0 Å². The molecular formula is C15H27N3O4. The summed E-state index contributed by atoms with van der Waals surface area (Å²) in [4.78, 5) is 35.6. The van der Waals surface area contributed by atoms with Crippen molar-refractivity contribution >= 4 is 17.7 Å². The molecule has 126 valence electrons. The Bertz CT molecular complexity index is 369. The molecule has 1 rings (SSSR count). The number of nitrogens with zero attached hydrogens (tertiary/aromatic N) is 2. The Morgan fingerprint density at radius 1 is 1.14 bits per heavy atom. The number of nitrogens with one attached hydrogen (secondary N) is 1. The van der Waals surface area contributed by atoms with Crippen LogP contribution in [0.3, 0.4) is 0 Å². The van der Waals surface area contributed by atoms with Crippen molar-refractivity contribution in [3.63, 3.8) is 0 Å². The van der Waals surface area contributed by atoms with Crippen LogP contribution in [-0.4, -0.2) is 59.6 Å². The third-order valence-corrected chi connectivity index (χ3v) is 3.70. The fraction of sp³-hybridized carbons (Fsp3) is 0.800. The Balaban J connectivity index is 1.92. The number of hydroxylamine groups is 2. The van der Waals surface area contributed by atoms with Crippen molar-refractivity contribution in [1.82, 2.24) is 15.3 Å². The van der Waals surface area contributed by atoms with E-state index in [4.69, 9.17) is 5.21 Å². The van der Waals surface area contributed by atoms with E-state index in [9.17, 15) is 14.4 Å². The van der Waals surface area contributed by atoms with Gasteiger partial charge in [-0.15, -0.1) is 0 Å². The van der Waals surface area contributed by atoms with Gasteiger partial charge in [0.2, 0.25) is 17.7 Å². The highest BCUT2D eigenvalue weighted by atomic mass is 16.5. The van der Waals surface area contributed by atoms with Gasteiger partial charge in [-0.25, -0.2) is 0 Å². The molecule has 1 fully saturated rings. The molecule has 0 radical (unpaired) electrons. The molecule has 2 N–H and O–H groups in total. The number of amides is 3. The average molecular weight is 313 g/mol. The van der Waals surface area contributed by atoms with E-state index in [1.165, 1.54) is 11.9 Å². The standard InChI is InChI=1S/C15H27N3O4/c1-17(22)12-10-16-13(19)7-5-3-2-4-6-11-18-14(20)8-9-15(18)21/h22H,2-12H2,1H3,(H,16,19). The number of rotatable bonds is 11. The third-order valence-electron chi connectivity index (χ3n) is 3.70. The van der Waals surface area contributed by atoms with Gasteiger partial charge in [0, 0.05) is 45.9 Å². The highest BCUT2D eigenvalue weighted by Gasteiger charge is 2.27. The van der Waals surface area contributed by atoms with Gasteiger partial charge in [-0.05, 0) is 12.8 Å². The second-order valence-corrected chi connectivity index (χ2v) is 5.69. The molecule has 0 spiro atoms. The first-order chi connectivity index (χ1) is 10.5. The van der Waals surface area contributed by atoms with Crippen molar-refractivity contribution in [2.24, 2.45) is 0 Å². The molecule has 0 aromatic carbocycles. The molecule has 1 saturated heterocycles. The number of likely N-dealkylation sites (N-methyl/N-ethyl adjacent to an activating group) is 1. The molecule has 1 aliphatic rings. The molecule has 0 unspecified atom stereocenters. The third kappa shape index (κ3) is 7.51. The summed E-state index contributed by atoms with van der Waals surface area (Å²) in [6, 6.07) is 0. The molecule has 0 saturated carbocycles. The van der Waals surface area contributed by atoms with Crippen molar-refractivity contribution in [2.75, 3.05) is 26.7 Å². The fourth-order valence-electron chi connectivity index (χ4n) is 2.40. The zero-order valence-corrected chi connectivity index (χ0v) is 13.3. The van der Waals surface area contributed by atoms with Crippen molar-refractivity contribution in [3.8, 4) is 0 Å². The average Bonchev–Trinajstić information content (AvgIpc) is 2.77. The Kier molecular flexibility index (Phi) is 8.69. The Morgan fingerprint density at radius 2 is 1.73 bits per heavy atom. The second kappa shape index (κ2) is 10.3. The van der Waals surface area contributed by atoms with Crippen LogP contribution in [-0.2, 0) is 14.4 Å². The van der Waals surface area contributed by atoms with E-state index >= 15 is 0 Å². The predicted octanol–water partition coefficient (Wildman–Crippen LogP) is 0.913. The van der Waals surface area contributed by atoms with Gasteiger partial charge in [0.1, 0.15) is 0 Å². The molecule has 0 bridgehead atoms. The van der Waals surface area contributed by atoms with Crippen molar-refractivity contribution in [2.45, 2.75) is 51.4 Å². The number of hydrogen-bond acceptors (Lipinski definition) is 5. The van der Waals surface area contributed by atoms with E-state index < -0.39 is 0 Å². The monoisotopic (exact) mass is 313 g/mol. The van der Waals surface area contributed by atoms with Gasteiger partial charge in [-0.1, -0.05) is 19.3 Å². The summed E-state index contributed by atoms with van der Waals surface area (Å²) in [6.07, 6.45) is 5.83. The first-order valence-electron chi connectivity index (χ1n) is 8.00. The minimum atomic E-state index is -0.0461. The van der Waals surface area contributed by atoms with Gasteiger partial charge in [0.05, 0.1) is 0 Å². The van der Waals surface area contributed by atoms with E-state index in [1.807, 2.05) is 0 Å². The van der Waals surface area contributed by atoms with Crippen LogP contribution in [0.15, 0.2) is 0 Å². The highest BCUT2D eigenvalue weighted by molar-refractivity contribution is 6.01. The van der Waals surface area contributed by atoms with Crippen LogP contribution >= 0.6 is 0 Å². The maximum atomic E-state index is 11.5. The first kappa shape index (κ1) is 18.6. The quantitative estimate of drug-likeness (QED) is 0.336. The SMILES string of the molecule is CN(O)CCNC(=O)CCCCCCCN1C(=O)CCC1=O. The topological polar surface area (TPSA) is 89.9 Å². The maximum absolute atomic E-state index is 11.5. The molecule has 0 atom stereocenters. The Labute approximate surface area is 131 Å². The van der Waals surface area contributed by atoms with Crippen LogP contribution in [0.25, 0.3) is 0 Å². The molecule has 7 heteroatoms. The normalized spacial score (nSPS) is 15.0. The van der Waals surface area contributed by atoms with Crippen molar-refractivity contribution in [1.29, 1.82) is 0 Å². The molecule has 0 aliphatic carbocycles. The minimum Gasteiger partial charge on any atom is -0.355 e. The Hall–Kier alpha value is -1.47. The summed E-state index contributed by atoms with van der Waals surface area (Å²) in [5.74, 6) is -0.0829. The van der Waals surface area contributed by atoms with E-state index in [1.54, 1.807) is 0 Å². The van der Waals surface area contributed by atoms with Gasteiger partial charge in [0.25, 0.3) is 0 Å². The van der Waals surface area contributed by atoms with Crippen LogP contribution in [0.4, 0.5) is 0 Å². The van der Waals surface area contributed by atoms with E-state index in [-0.39, 0.29) is 17.7 Å². The molecule has 0 aromatic rings. The van der Waals surface area contributed by atoms with Gasteiger partial charge < -0.3 is 10.5 Å². The molecular weight excluding hydrogens is 286 g/mol. The Morgan fingerprint density at radius 3 is 2.36 bits per heavy atom. The van der Waals surface area contributed by atoms with Crippen LogP contribution in [0.2, 0.25) is 0 Å². The molecule has 1 heterocycles. The summed E-state index contributed by atoms with van der Waals surface area (Å²) in [5, 5.41) is 12.7. The summed E-state index contributed by atoms with van der Waals surface area (Å²) in [7, 11) is 1.54.